The maximum absolute atomic E-state index is 12.4. The number of aromatic nitrogens is 1. The highest BCUT2D eigenvalue weighted by Gasteiger charge is 2.10. The first-order valence-corrected chi connectivity index (χ1v) is 8.86. The van der Waals surface area contributed by atoms with E-state index in [0.29, 0.717) is 24.7 Å². The molecule has 0 atom stereocenters. The van der Waals surface area contributed by atoms with Crippen molar-refractivity contribution >= 4 is 17.2 Å². The number of ether oxygens (including phenoxy) is 2. The van der Waals surface area contributed by atoms with Gasteiger partial charge in [-0.1, -0.05) is 30.3 Å². The number of rotatable bonds is 9. The summed E-state index contributed by atoms with van der Waals surface area (Å²) in [4.78, 5) is 4.18. The Morgan fingerprint density at radius 2 is 1.75 bits per heavy atom. The molecule has 0 saturated carbocycles. The Morgan fingerprint density at radius 1 is 1.00 bits per heavy atom. The largest absolute Gasteiger partial charge is 0.489 e. The van der Waals surface area contributed by atoms with Gasteiger partial charge < -0.3 is 20.1 Å². The molecule has 0 aliphatic heterocycles. The van der Waals surface area contributed by atoms with Gasteiger partial charge in [-0.15, -0.1) is 0 Å². The molecule has 0 aliphatic carbocycles. The molecule has 5 nitrogen and oxygen atoms in total. The van der Waals surface area contributed by atoms with Crippen LogP contribution in [0.2, 0.25) is 0 Å². The minimum absolute atomic E-state index is 0.00107. The molecule has 2 N–H and O–H groups in total. The molecule has 1 heterocycles. The van der Waals surface area contributed by atoms with E-state index in [1.807, 2.05) is 61.5 Å². The summed E-state index contributed by atoms with van der Waals surface area (Å²) in [7, 11) is 0. The number of pyridine rings is 1. The van der Waals surface area contributed by atoms with E-state index in [9.17, 15) is 8.78 Å². The predicted molar refractivity (Wildman–Crippen MR) is 106 cm³/mol. The van der Waals surface area contributed by atoms with Crippen molar-refractivity contribution in [3.63, 3.8) is 0 Å². The number of hydrogen-bond acceptors (Lipinski definition) is 5. The van der Waals surface area contributed by atoms with Crippen LogP contribution in [-0.4, -0.2) is 18.1 Å². The van der Waals surface area contributed by atoms with E-state index < -0.39 is 6.61 Å². The Hall–Kier alpha value is -3.35. The van der Waals surface area contributed by atoms with Gasteiger partial charge in [0, 0.05) is 18.3 Å². The molecule has 0 bridgehead atoms. The highest BCUT2D eigenvalue weighted by Crippen LogP contribution is 2.28. The third kappa shape index (κ3) is 5.57. The van der Waals surface area contributed by atoms with E-state index in [0.717, 1.165) is 17.0 Å². The second-order valence-corrected chi connectivity index (χ2v) is 5.90. The van der Waals surface area contributed by atoms with Crippen molar-refractivity contribution < 1.29 is 18.3 Å². The van der Waals surface area contributed by atoms with Crippen molar-refractivity contribution in [2.24, 2.45) is 0 Å². The first-order valence-electron chi connectivity index (χ1n) is 8.86. The van der Waals surface area contributed by atoms with E-state index in [-0.39, 0.29) is 5.75 Å². The Labute approximate surface area is 162 Å². The van der Waals surface area contributed by atoms with E-state index >= 15 is 0 Å². The lowest BCUT2D eigenvalue weighted by Gasteiger charge is -2.14. The Morgan fingerprint density at radius 3 is 2.43 bits per heavy atom. The molecule has 28 heavy (non-hydrogen) atoms. The maximum atomic E-state index is 12.4. The van der Waals surface area contributed by atoms with Crippen LogP contribution in [0.25, 0.3) is 0 Å². The Bertz CT molecular complexity index is 875. The zero-order valence-corrected chi connectivity index (χ0v) is 15.4. The summed E-state index contributed by atoms with van der Waals surface area (Å²) in [5.74, 6) is 1.26. The summed E-state index contributed by atoms with van der Waals surface area (Å²) < 4.78 is 35.0. The Balaban J connectivity index is 1.65. The molecule has 3 aromatic rings. The van der Waals surface area contributed by atoms with Crippen molar-refractivity contribution in [2.45, 2.75) is 20.1 Å². The molecular weight excluding hydrogens is 364 g/mol. The molecule has 0 saturated heterocycles. The second-order valence-electron chi connectivity index (χ2n) is 5.90. The number of hydrogen-bond donors (Lipinski definition) is 2. The van der Waals surface area contributed by atoms with Crippen LogP contribution in [0.1, 0.15) is 12.5 Å². The summed E-state index contributed by atoms with van der Waals surface area (Å²) in [6.07, 6.45) is 1.26. The summed E-state index contributed by atoms with van der Waals surface area (Å²) in [6.45, 7) is 0.119. The summed E-state index contributed by atoms with van der Waals surface area (Å²) in [6, 6.07) is 18.8. The van der Waals surface area contributed by atoms with Gasteiger partial charge in [0.15, 0.2) is 5.82 Å². The summed E-state index contributed by atoms with van der Waals surface area (Å²) in [5.41, 5.74) is 2.46. The van der Waals surface area contributed by atoms with Crippen LogP contribution < -0.4 is 20.1 Å². The van der Waals surface area contributed by atoms with Crippen LogP contribution >= 0.6 is 0 Å². The molecule has 0 spiro atoms. The van der Waals surface area contributed by atoms with E-state index in [2.05, 4.69) is 20.4 Å². The molecule has 0 fully saturated rings. The van der Waals surface area contributed by atoms with E-state index in [1.54, 1.807) is 0 Å². The molecule has 7 heteroatoms. The average molecular weight is 385 g/mol. The molecule has 146 valence electrons. The first-order chi connectivity index (χ1) is 13.6. The van der Waals surface area contributed by atoms with Crippen LogP contribution in [0.4, 0.5) is 26.0 Å². The highest BCUT2D eigenvalue weighted by molar-refractivity contribution is 5.72. The fraction of sp³-hybridized carbons (Fsp3) is 0.190. The topological polar surface area (TPSA) is 55.4 Å². The van der Waals surface area contributed by atoms with Gasteiger partial charge in [0.2, 0.25) is 0 Å². The van der Waals surface area contributed by atoms with Gasteiger partial charge in [0.1, 0.15) is 18.1 Å². The van der Waals surface area contributed by atoms with Crippen LogP contribution in [0, 0.1) is 0 Å². The molecule has 0 unspecified atom stereocenters. The van der Waals surface area contributed by atoms with Crippen LogP contribution in [0.15, 0.2) is 66.9 Å². The van der Waals surface area contributed by atoms with Crippen LogP contribution in [0.3, 0.4) is 0 Å². The smallest absolute Gasteiger partial charge is 0.387 e. The third-order valence-corrected chi connectivity index (χ3v) is 3.82. The van der Waals surface area contributed by atoms with Gasteiger partial charge in [-0.05, 0) is 36.8 Å². The molecule has 1 aromatic heterocycles. The normalized spacial score (nSPS) is 10.6. The first kappa shape index (κ1) is 19.4. The molecule has 0 amide bonds. The number of alkyl halides is 2. The summed E-state index contributed by atoms with van der Waals surface area (Å²) >= 11 is 0. The minimum atomic E-state index is -2.89. The number of halogens is 2. The van der Waals surface area contributed by atoms with Crippen LogP contribution in [-0.2, 0) is 6.61 Å². The predicted octanol–water partition coefficient (Wildman–Crippen LogP) is 5.44. The zero-order valence-electron chi connectivity index (χ0n) is 15.4. The maximum Gasteiger partial charge on any atom is 0.387 e. The van der Waals surface area contributed by atoms with Gasteiger partial charge in [0.05, 0.1) is 11.9 Å². The lowest BCUT2D eigenvalue weighted by Crippen LogP contribution is -2.06. The van der Waals surface area contributed by atoms with E-state index in [4.69, 9.17) is 4.74 Å². The quantitative estimate of drug-likeness (QED) is 0.514. The summed E-state index contributed by atoms with van der Waals surface area (Å²) in [5, 5.41) is 6.25. The molecular formula is C21H21F2N3O2. The zero-order chi connectivity index (χ0) is 19.8. The van der Waals surface area contributed by atoms with Gasteiger partial charge >= 0.3 is 6.61 Å². The number of nitrogens with one attached hydrogen (secondary N) is 2. The highest BCUT2D eigenvalue weighted by atomic mass is 19.3. The number of benzene rings is 2. The lowest BCUT2D eigenvalue weighted by atomic mass is 10.2. The lowest BCUT2D eigenvalue weighted by molar-refractivity contribution is -0.0500. The Kier molecular flexibility index (Phi) is 6.62. The van der Waals surface area contributed by atoms with Crippen molar-refractivity contribution in [1.29, 1.82) is 0 Å². The fourth-order valence-corrected chi connectivity index (χ4v) is 2.55. The number of nitrogens with zero attached hydrogens (tertiary/aromatic N) is 1. The second kappa shape index (κ2) is 9.55. The third-order valence-electron chi connectivity index (χ3n) is 3.82. The fourth-order valence-electron chi connectivity index (χ4n) is 2.55. The van der Waals surface area contributed by atoms with Gasteiger partial charge in [-0.3, -0.25) is 0 Å². The molecule has 2 aromatic carbocycles. The van der Waals surface area contributed by atoms with Gasteiger partial charge in [-0.25, -0.2) is 4.98 Å². The van der Waals surface area contributed by atoms with E-state index in [1.165, 1.54) is 12.3 Å². The van der Waals surface area contributed by atoms with Crippen molar-refractivity contribution in [3.05, 3.63) is 72.4 Å². The van der Waals surface area contributed by atoms with Gasteiger partial charge in [0.25, 0.3) is 0 Å². The standard InChI is InChI=1S/C21H21F2N3O2/c1-2-24-19-12-18(28-21(22)23)13-25-20(19)26-16-8-10-17(11-9-16)27-14-15-6-4-3-5-7-15/h3-13,21,24H,2,14H2,1H3,(H,25,26). The van der Waals surface area contributed by atoms with Crippen molar-refractivity contribution in [1.82, 2.24) is 4.98 Å². The minimum Gasteiger partial charge on any atom is -0.489 e. The SMILES string of the molecule is CCNc1cc(OC(F)F)cnc1Nc1ccc(OCc2ccccc2)cc1. The number of anilines is 3. The average Bonchev–Trinajstić information content (AvgIpc) is 2.70. The monoisotopic (exact) mass is 385 g/mol. The van der Waals surface area contributed by atoms with Crippen molar-refractivity contribution in [3.8, 4) is 11.5 Å². The van der Waals surface area contributed by atoms with Crippen molar-refractivity contribution in [2.75, 3.05) is 17.2 Å². The van der Waals surface area contributed by atoms with Gasteiger partial charge in [-0.2, -0.15) is 8.78 Å². The molecule has 0 aliphatic rings. The molecule has 0 radical (unpaired) electrons. The molecule has 3 rings (SSSR count). The van der Waals surface area contributed by atoms with Crippen LogP contribution in [0.5, 0.6) is 11.5 Å².